The summed E-state index contributed by atoms with van der Waals surface area (Å²) in [5, 5.41) is 3.00. The average molecular weight is 247 g/mol. The Morgan fingerprint density at radius 1 is 1.11 bits per heavy atom. The van der Waals surface area contributed by atoms with E-state index in [0.29, 0.717) is 6.42 Å². The Kier molecular flexibility index (Phi) is 6.48. The van der Waals surface area contributed by atoms with Crippen LogP contribution in [0.25, 0.3) is 0 Å². The van der Waals surface area contributed by atoms with Gasteiger partial charge in [0.1, 0.15) is 0 Å². The fraction of sp³-hybridized carbons (Fsp3) is 0.562. The first kappa shape index (κ1) is 14.7. The number of carbonyl (C=O) groups is 1. The van der Waals surface area contributed by atoms with Crippen LogP contribution in [0.1, 0.15) is 56.6 Å². The summed E-state index contributed by atoms with van der Waals surface area (Å²) < 4.78 is 0. The van der Waals surface area contributed by atoms with Gasteiger partial charge in [-0.3, -0.25) is 4.79 Å². The average Bonchev–Trinajstić information content (AvgIpc) is 2.35. The highest BCUT2D eigenvalue weighted by Gasteiger charge is 2.05. The molecule has 0 aliphatic heterocycles. The Bertz CT molecular complexity index is 385. The van der Waals surface area contributed by atoms with Crippen LogP contribution in [0.5, 0.6) is 0 Å². The van der Waals surface area contributed by atoms with Gasteiger partial charge in [0.05, 0.1) is 0 Å². The van der Waals surface area contributed by atoms with Crippen molar-refractivity contribution < 1.29 is 4.79 Å². The quantitative estimate of drug-likeness (QED) is 0.701. The molecule has 0 aliphatic carbocycles. The summed E-state index contributed by atoms with van der Waals surface area (Å²) in [5.41, 5.74) is 3.33. The molecular weight excluding hydrogens is 222 g/mol. The monoisotopic (exact) mass is 247 g/mol. The fourth-order valence-corrected chi connectivity index (χ4v) is 1.99. The Labute approximate surface area is 111 Å². The SMILES string of the molecule is CCCCCCCC(=O)Nc1cccc(C)c1C. The van der Waals surface area contributed by atoms with Gasteiger partial charge in [0.15, 0.2) is 0 Å². The van der Waals surface area contributed by atoms with Gasteiger partial charge in [0.2, 0.25) is 5.91 Å². The predicted molar refractivity (Wildman–Crippen MR) is 77.9 cm³/mol. The van der Waals surface area contributed by atoms with E-state index in [9.17, 15) is 4.79 Å². The molecule has 1 rings (SSSR count). The van der Waals surface area contributed by atoms with Gasteiger partial charge in [0.25, 0.3) is 0 Å². The number of rotatable bonds is 7. The third kappa shape index (κ3) is 4.91. The molecule has 0 radical (unpaired) electrons. The zero-order valence-corrected chi connectivity index (χ0v) is 11.9. The lowest BCUT2D eigenvalue weighted by atomic mass is 10.1. The number of amides is 1. The van der Waals surface area contributed by atoms with Gasteiger partial charge < -0.3 is 5.32 Å². The Morgan fingerprint density at radius 3 is 2.56 bits per heavy atom. The van der Waals surface area contributed by atoms with Crippen LogP contribution in [0.4, 0.5) is 5.69 Å². The first-order valence-corrected chi connectivity index (χ1v) is 7.01. The molecule has 1 N–H and O–H groups in total. The lowest BCUT2D eigenvalue weighted by Crippen LogP contribution is -2.12. The molecule has 0 spiro atoms. The summed E-state index contributed by atoms with van der Waals surface area (Å²) in [6.07, 6.45) is 6.56. The normalized spacial score (nSPS) is 10.4. The highest BCUT2D eigenvalue weighted by molar-refractivity contribution is 5.91. The minimum atomic E-state index is 0.139. The molecule has 0 saturated carbocycles. The Morgan fingerprint density at radius 2 is 1.83 bits per heavy atom. The maximum absolute atomic E-state index is 11.8. The van der Waals surface area contributed by atoms with Gasteiger partial charge in [-0.15, -0.1) is 0 Å². The smallest absolute Gasteiger partial charge is 0.224 e. The minimum absolute atomic E-state index is 0.139. The van der Waals surface area contributed by atoms with Crippen LogP contribution in [-0.2, 0) is 4.79 Å². The standard InChI is InChI=1S/C16H25NO/c1-4-5-6-7-8-12-16(18)17-15-11-9-10-13(2)14(15)3/h9-11H,4-8,12H2,1-3H3,(H,17,18). The molecule has 0 aromatic heterocycles. The van der Waals surface area contributed by atoms with Crippen LogP contribution in [0, 0.1) is 13.8 Å². The van der Waals surface area contributed by atoms with Crippen molar-refractivity contribution in [3.8, 4) is 0 Å². The maximum atomic E-state index is 11.8. The molecule has 1 aromatic rings. The van der Waals surface area contributed by atoms with Crippen LogP contribution in [0.15, 0.2) is 18.2 Å². The zero-order valence-electron chi connectivity index (χ0n) is 11.9. The lowest BCUT2D eigenvalue weighted by Gasteiger charge is -2.10. The largest absolute Gasteiger partial charge is 0.326 e. The van der Waals surface area contributed by atoms with Crippen LogP contribution in [-0.4, -0.2) is 5.91 Å². The second-order valence-electron chi connectivity index (χ2n) is 4.96. The third-order valence-corrected chi connectivity index (χ3v) is 3.39. The number of nitrogens with one attached hydrogen (secondary N) is 1. The van der Waals surface area contributed by atoms with Crippen LogP contribution in [0.3, 0.4) is 0 Å². The predicted octanol–water partition coefficient (Wildman–Crippen LogP) is 4.60. The summed E-state index contributed by atoms with van der Waals surface area (Å²) in [6, 6.07) is 6.02. The molecule has 100 valence electrons. The molecule has 0 unspecified atom stereocenters. The number of hydrogen-bond acceptors (Lipinski definition) is 1. The first-order valence-electron chi connectivity index (χ1n) is 7.01. The van der Waals surface area contributed by atoms with Crippen molar-refractivity contribution in [1.82, 2.24) is 0 Å². The summed E-state index contributed by atoms with van der Waals surface area (Å²) in [4.78, 5) is 11.8. The van der Waals surface area contributed by atoms with Crippen molar-refractivity contribution in [3.63, 3.8) is 0 Å². The Hall–Kier alpha value is -1.31. The highest BCUT2D eigenvalue weighted by Crippen LogP contribution is 2.18. The molecule has 0 heterocycles. The number of carbonyl (C=O) groups excluding carboxylic acids is 1. The van der Waals surface area contributed by atoms with Crippen molar-refractivity contribution in [3.05, 3.63) is 29.3 Å². The molecule has 0 aliphatic rings. The molecule has 0 fully saturated rings. The number of unbranched alkanes of at least 4 members (excludes halogenated alkanes) is 4. The summed E-state index contributed by atoms with van der Waals surface area (Å²) in [7, 11) is 0. The van der Waals surface area contributed by atoms with E-state index < -0.39 is 0 Å². The fourth-order valence-electron chi connectivity index (χ4n) is 1.99. The summed E-state index contributed by atoms with van der Waals surface area (Å²) >= 11 is 0. The van der Waals surface area contributed by atoms with Gasteiger partial charge >= 0.3 is 0 Å². The molecular formula is C16H25NO. The van der Waals surface area contributed by atoms with Crippen molar-refractivity contribution in [2.24, 2.45) is 0 Å². The molecule has 18 heavy (non-hydrogen) atoms. The van der Waals surface area contributed by atoms with Gasteiger partial charge in [-0.05, 0) is 37.5 Å². The van der Waals surface area contributed by atoms with E-state index in [1.165, 1.54) is 24.8 Å². The van der Waals surface area contributed by atoms with E-state index >= 15 is 0 Å². The second-order valence-corrected chi connectivity index (χ2v) is 4.96. The summed E-state index contributed by atoms with van der Waals surface area (Å²) in [6.45, 7) is 6.31. The van der Waals surface area contributed by atoms with E-state index in [1.807, 2.05) is 19.1 Å². The highest BCUT2D eigenvalue weighted by atomic mass is 16.1. The third-order valence-electron chi connectivity index (χ3n) is 3.39. The molecule has 0 saturated heterocycles. The van der Waals surface area contributed by atoms with Crippen LogP contribution < -0.4 is 5.32 Å². The topological polar surface area (TPSA) is 29.1 Å². The van der Waals surface area contributed by atoms with Crippen LogP contribution in [0.2, 0.25) is 0 Å². The van der Waals surface area contributed by atoms with Gasteiger partial charge in [-0.25, -0.2) is 0 Å². The number of anilines is 1. The van der Waals surface area contributed by atoms with E-state index in [0.717, 1.165) is 24.1 Å². The van der Waals surface area contributed by atoms with Crippen LogP contribution >= 0.6 is 0 Å². The van der Waals surface area contributed by atoms with Gasteiger partial charge in [-0.2, -0.15) is 0 Å². The first-order chi connectivity index (χ1) is 8.65. The molecule has 0 bridgehead atoms. The van der Waals surface area contributed by atoms with Crippen molar-refractivity contribution in [1.29, 1.82) is 0 Å². The van der Waals surface area contributed by atoms with E-state index in [1.54, 1.807) is 0 Å². The maximum Gasteiger partial charge on any atom is 0.224 e. The lowest BCUT2D eigenvalue weighted by molar-refractivity contribution is -0.116. The van der Waals surface area contributed by atoms with E-state index in [4.69, 9.17) is 0 Å². The number of aryl methyl sites for hydroxylation is 1. The van der Waals surface area contributed by atoms with Crippen molar-refractivity contribution in [2.45, 2.75) is 59.3 Å². The molecule has 0 atom stereocenters. The molecule has 2 nitrogen and oxygen atoms in total. The summed E-state index contributed by atoms with van der Waals surface area (Å²) in [5.74, 6) is 0.139. The molecule has 2 heteroatoms. The molecule has 1 amide bonds. The van der Waals surface area contributed by atoms with Crippen molar-refractivity contribution in [2.75, 3.05) is 5.32 Å². The second kappa shape index (κ2) is 7.91. The minimum Gasteiger partial charge on any atom is -0.326 e. The zero-order chi connectivity index (χ0) is 13.4. The van der Waals surface area contributed by atoms with Gasteiger partial charge in [0, 0.05) is 12.1 Å². The number of benzene rings is 1. The van der Waals surface area contributed by atoms with E-state index in [2.05, 4.69) is 25.2 Å². The van der Waals surface area contributed by atoms with E-state index in [-0.39, 0.29) is 5.91 Å². The Balaban J connectivity index is 2.34. The van der Waals surface area contributed by atoms with Gasteiger partial charge in [-0.1, -0.05) is 44.7 Å². The number of hydrogen-bond donors (Lipinski definition) is 1. The molecule has 1 aromatic carbocycles. The van der Waals surface area contributed by atoms with Crippen molar-refractivity contribution >= 4 is 11.6 Å².